The molecule has 0 aliphatic rings. The smallest absolute Gasteiger partial charge is 0.277 e. The first-order valence-electron chi connectivity index (χ1n) is 9.89. The number of primary amides is 1. The van der Waals surface area contributed by atoms with Gasteiger partial charge in [-0.25, -0.2) is 4.39 Å². The van der Waals surface area contributed by atoms with Crippen LogP contribution in [0.3, 0.4) is 0 Å². The Hall–Kier alpha value is -3.40. The van der Waals surface area contributed by atoms with Gasteiger partial charge in [0.15, 0.2) is 17.7 Å². The third-order valence-corrected chi connectivity index (χ3v) is 5.23. The van der Waals surface area contributed by atoms with Gasteiger partial charge in [0, 0.05) is 19.5 Å². The number of para-hydroxylation sites is 1. The van der Waals surface area contributed by atoms with E-state index in [1.165, 1.54) is 12.1 Å². The minimum atomic E-state index is -0.672. The van der Waals surface area contributed by atoms with Crippen molar-refractivity contribution in [1.29, 1.82) is 0 Å². The van der Waals surface area contributed by atoms with E-state index in [4.69, 9.17) is 14.9 Å². The second-order valence-corrected chi connectivity index (χ2v) is 7.83. The van der Waals surface area contributed by atoms with Crippen LogP contribution in [0.2, 0.25) is 0 Å². The van der Waals surface area contributed by atoms with E-state index in [-0.39, 0.29) is 41.5 Å². The molecular formula is C22H23FN4O4S. The van der Waals surface area contributed by atoms with Crippen LogP contribution in [0.1, 0.15) is 30.9 Å². The lowest BCUT2D eigenvalue weighted by molar-refractivity contribution is -0.129. The van der Waals surface area contributed by atoms with Crippen molar-refractivity contribution in [2.45, 2.75) is 31.2 Å². The van der Waals surface area contributed by atoms with Gasteiger partial charge >= 0.3 is 0 Å². The molecule has 168 valence electrons. The van der Waals surface area contributed by atoms with Crippen molar-refractivity contribution in [1.82, 2.24) is 15.1 Å². The van der Waals surface area contributed by atoms with Gasteiger partial charge in [0.05, 0.1) is 5.75 Å². The Morgan fingerprint density at radius 3 is 2.59 bits per heavy atom. The molecule has 1 atom stereocenters. The zero-order valence-corrected chi connectivity index (χ0v) is 18.3. The van der Waals surface area contributed by atoms with Crippen molar-refractivity contribution in [3.8, 4) is 5.75 Å². The molecule has 3 aromatic rings. The first-order valence-corrected chi connectivity index (χ1v) is 10.9. The first-order chi connectivity index (χ1) is 15.4. The van der Waals surface area contributed by atoms with Crippen molar-refractivity contribution < 1.29 is 23.1 Å². The van der Waals surface area contributed by atoms with Crippen molar-refractivity contribution >= 4 is 23.6 Å². The summed E-state index contributed by atoms with van der Waals surface area (Å²) in [7, 11) is 0. The molecule has 10 heteroatoms. The maximum absolute atomic E-state index is 13.8. The molecule has 0 fully saturated rings. The number of hydrogen-bond acceptors (Lipinski definition) is 7. The predicted octanol–water partition coefficient (Wildman–Crippen LogP) is 3.35. The van der Waals surface area contributed by atoms with E-state index in [1.807, 2.05) is 30.3 Å². The summed E-state index contributed by atoms with van der Waals surface area (Å²) in [6, 6.07) is 15.5. The lowest BCUT2D eigenvalue weighted by Crippen LogP contribution is -2.34. The van der Waals surface area contributed by atoms with Crippen LogP contribution in [0.15, 0.2) is 64.2 Å². The Morgan fingerprint density at radius 2 is 1.88 bits per heavy atom. The number of amides is 2. The number of carbonyl (C=O) groups excluding carboxylic acids is 2. The highest BCUT2D eigenvalue weighted by Gasteiger charge is 2.20. The summed E-state index contributed by atoms with van der Waals surface area (Å²) in [4.78, 5) is 25.5. The average Bonchev–Trinajstić information content (AvgIpc) is 3.26. The number of halogens is 1. The highest BCUT2D eigenvalue weighted by atomic mass is 32.2. The maximum Gasteiger partial charge on any atom is 0.277 e. The van der Waals surface area contributed by atoms with E-state index < -0.39 is 17.8 Å². The quantitative estimate of drug-likeness (QED) is 0.439. The van der Waals surface area contributed by atoms with Gasteiger partial charge in [0.25, 0.3) is 11.1 Å². The molecule has 1 unspecified atom stereocenters. The minimum absolute atomic E-state index is 0.0375. The summed E-state index contributed by atoms with van der Waals surface area (Å²) in [5.74, 6) is -0.889. The second-order valence-electron chi connectivity index (χ2n) is 6.90. The van der Waals surface area contributed by atoms with Gasteiger partial charge in [-0.3, -0.25) is 9.59 Å². The minimum Gasteiger partial charge on any atom is -0.478 e. The number of benzene rings is 2. The molecule has 0 spiro atoms. The number of carbonyl (C=O) groups is 2. The Bertz CT molecular complexity index is 1050. The molecule has 0 saturated carbocycles. The lowest BCUT2D eigenvalue weighted by atomic mass is 10.2. The van der Waals surface area contributed by atoms with Crippen LogP contribution in [0, 0.1) is 5.82 Å². The van der Waals surface area contributed by atoms with Crippen molar-refractivity contribution in [2.75, 3.05) is 12.3 Å². The molecule has 2 amide bonds. The normalized spacial score (nSPS) is 11.7. The topological polar surface area (TPSA) is 112 Å². The fourth-order valence-electron chi connectivity index (χ4n) is 2.78. The summed E-state index contributed by atoms with van der Waals surface area (Å²) in [5.41, 5.74) is 6.18. The fourth-order valence-corrected chi connectivity index (χ4v) is 3.45. The highest BCUT2D eigenvalue weighted by molar-refractivity contribution is 7.99. The third kappa shape index (κ3) is 6.81. The Kier molecular flexibility index (Phi) is 8.20. The number of nitrogens with two attached hydrogens (primary N) is 1. The molecule has 0 saturated heterocycles. The Labute approximate surface area is 188 Å². The van der Waals surface area contributed by atoms with E-state index in [0.717, 1.165) is 17.3 Å². The number of rotatable bonds is 11. The van der Waals surface area contributed by atoms with Crippen LogP contribution >= 0.6 is 11.8 Å². The van der Waals surface area contributed by atoms with Crippen LogP contribution in [-0.2, 0) is 16.1 Å². The van der Waals surface area contributed by atoms with Crippen molar-refractivity contribution in [2.24, 2.45) is 5.73 Å². The van der Waals surface area contributed by atoms with Crippen molar-refractivity contribution in [3.05, 3.63) is 71.9 Å². The van der Waals surface area contributed by atoms with E-state index in [1.54, 1.807) is 24.0 Å². The van der Waals surface area contributed by atoms with Gasteiger partial charge in [-0.1, -0.05) is 54.2 Å². The molecule has 2 N–H and O–H groups in total. The summed E-state index contributed by atoms with van der Waals surface area (Å²) in [5, 5.41) is 8.03. The predicted molar refractivity (Wildman–Crippen MR) is 116 cm³/mol. The summed E-state index contributed by atoms with van der Waals surface area (Å²) >= 11 is 1.07. The van der Waals surface area contributed by atoms with Gasteiger partial charge in [-0.05, 0) is 24.6 Å². The number of nitrogens with zero attached hydrogens (tertiary/aromatic N) is 3. The monoisotopic (exact) mass is 458 g/mol. The van der Waals surface area contributed by atoms with Gasteiger partial charge < -0.3 is 19.8 Å². The Morgan fingerprint density at radius 1 is 1.16 bits per heavy atom. The molecule has 1 heterocycles. The number of ether oxygens (including phenoxy) is 1. The van der Waals surface area contributed by atoms with Crippen LogP contribution in [0.5, 0.6) is 5.75 Å². The Balaban J connectivity index is 1.58. The van der Waals surface area contributed by atoms with Gasteiger partial charge in [0.1, 0.15) is 0 Å². The summed E-state index contributed by atoms with van der Waals surface area (Å²) in [6.45, 7) is 2.23. The molecule has 0 radical (unpaired) electrons. The molecule has 8 nitrogen and oxygen atoms in total. The molecule has 1 aromatic heterocycles. The first kappa shape index (κ1) is 23.3. The molecule has 2 aromatic carbocycles. The van der Waals surface area contributed by atoms with Gasteiger partial charge in [0.2, 0.25) is 11.8 Å². The second kappa shape index (κ2) is 11.3. The van der Waals surface area contributed by atoms with E-state index in [2.05, 4.69) is 10.2 Å². The molecule has 0 bridgehead atoms. The van der Waals surface area contributed by atoms with E-state index in [0.29, 0.717) is 6.54 Å². The van der Waals surface area contributed by atoms with Crippen LogP contribution in [0.4, 0.5) is 4.39 Å². The zero-order valence-electron chi connectivity index (χ0n) is 17.4. The largest absolute Gasteiger partial charge is 0.478 e. The lowest BCUT2D eigenvalue weighted by Gasteiger charge is -2.22. The molecular weight excluding hydrogens is 435 g/mol. The summed E-state index contributed by atoms with van der Waals surface area (Å²) in [6.07, 6.45) is -0.603. The van der Waals surface area contributed by atoms with E-state index in [9.17, 15) is 14.0 Å². The molecule has 3 rings (SSSR count). The summed E-state index contributed by atoms with van der Waals surface area (Å²) < 4.78 is 24.8. The number of hydrogen-bond donors (Lipinski definition) is 1. The van der Waals surface area contributed by atoms with Gasteiger partial charge in [-0.2, -0.15) is 0 Å². The number of aromatic nitrogens is 2. The van der Waals surface area contributed by atoms with E-state index >= 15 is 0 Å². The molecule has 0 aliphatic carbocycles. The van der Waals surface area contributed by atoms with Crippen LogP contribution in [-0.4, -0.2) is 39.2 Å². The molecule has 0 aliphatic heterocycles. The zero-order chi connectivity index (χ0) is 22.9. The average molecular weight is 459 g/mol. The maximum atomic E-state index is 13.8. The highest BCUT2D eigenvalue weighted by Crippen LogP contribution is 2.25. The van der Waals surface area contributed by atoms with Crippen LogP contribution in [0.25, 0.3) is 0 Å². The fraction of sp³-hybridized carbons (Fsp3) is 0.273. The number of thioether (sulfide) groups is 1. The third-order valence-electron chi connectivity index (χ3n) is 4.43. The van der Waals surface area contributed by atoms with Crippen LogP contribution < -0.4 is 10.5 Å². The van der Waals surface area contributed by atoms with Crippen molar-refractivity contribution in [3.63, 3.8) is 0 Å². The SMILES string of the molecule is CC(Oc1ccccc1F)c1nnc(SCC(=O)N(CCC(N)=O)Cc2ccccc2)o1. The standard InChI is InChI=1S/C22H23FN4O4S/c1-15(30-18-10-6-5-9-17(18)23)21-25-26-22(31-21)32-14-20(29)27(12-11-19(24)28)13-16-7-3-2-4-8-16/h2-10,15H,11-14H2,1H3,(H2,24,28). The molecule has 32 heavy (non-hydrogen) atoms. The van der Waals surface area contributed by atoms with Gasteiger partial charge in [-0.15, -0.1) is 10.2 Å².